The van der Waals surface area contributed by atoms with Gasteiger partial charge in [0.1, 0.15) is 5.15 Å². The SMILES string of the molecule is O=C(NNc1cccc(C(F)(F)F)c1)c1cccnc1Cl. The summed E-state index contributed by atoms with van der Waals surface area (Å²) in [7, 11) is 0. The second kappa shape index (κ2) is 6.01. The van der Waals surface area contributed by atoms with E-state index in [9.17, 15) is 18.0 Å². The molecule has 0 aliphatic carbocycles. The summed E-state index contributed by atoms with van der Waals surface area (Å²) >= 11 is 5.74. The molecule has 0 atom stereocenters. The van der Waals surface area contributed by atoms with Crippen LogP contribution in [0.4, 0.5) is 18.9 Å². The summed E-state index contributed by atoms with van der Waals surface area (Å²) in [5.41, 5.74) is 4.04. The van der Waals surface area contributed by atoms with Crippen molar-refractivity contribution in [3.8, 4) is 0 Å². The Morgan fingerprint density at radius 3 is 2.62 bits per heavy atom. The van der Waals surface area contributed by atoms with Crippen LogP contribution in [0.2, 0.25) is 5.15 Å². The van der Waals surface area contributed by atoms with E-state index in [1.54, 1.807) is 0 Å². The van der Waals surface area contributed by atoms with Crippen molar-refractivity contribution in [2.24, 2.45) is 0 Å². The van der Waals surface area contributed by atoms with Crippen molar-refractivity contribution in [1.82, 2.24) is 10.4 Å². The minimum atomic E-state index is -4.45. The largest absolute Gasteiger partial charge is 0.416 e. The van der Waals surface area contributed by atoms with Crippen molar-refractivity contribution < 1.29 is 18.0 Å². The Balaban J connectivity index is 2.07. The second-order valence-corrected chi connectivity index (χ2v) is 4.36. The molecule has 21 heavy (non-hydrogen) atoms. The molecule has 2 rings (SSSR count). The lowest BCUT2D eigenvalue weighted by atomic mass is 10.2. The van der Waals surface area contributed by atoms with E-state index in [1.165, 1.54) is 30.5 Å². The highest BCUT2D eigenvalue weighted by Crippen LogP contribution is 2.30. The third-order valence-electron chi connectivity index (χ3n) is 2.51. The fraction of sp³-hybridized carbons (Fsp3) is 0.0769. The standard InChI is InChI=1S/C13H9ClF3N3O/c14-11-10(5-2-6-18-11)12(21)20-19-9-4-1-3-8(7-9)13(15,16)17/h1-7,19H,(H,20,21). The molecule has 2 aromatic rings. The molecule has 0 radical (unpaired) electrons. The number of hydrogen-bond acceptors (Lipinski definition) is 3. The van der Waals surface area contributed by atoms with Crippen LogP contribution in [-0.4, -0.2) is 10.9 Å². The highest BCUT2D eigenvalue weighted by molar-refractivity contribution is 6.32. The van der Waals surface area contributed by atoms with Crippen LogP contribution in [-0.2, 0) is 6.18 Å². The van der Waals surface area contributed by atoms with Gasteiger partial charge in [-0.05, 0) is 30.3 Å². The van der Waals surface area contributed by atoms with E-state index in [1.807, 2.05) is 0 Å². The number of nitrogens with zero attached hydrogens (tertiary/aromatic N) is 1. The van der Waals surface area contributed by atoms with Crippen molar-refractivity contribution >= 4 is 23.2 Å². The molecule has 1 amide bonds. The number of rotatable bonds is 3. The van der Waals surface area contributed by atoms with Crippen LogP contribution in [0.3, 0.4) is 0 Å². The molecule has 1 aromatic heterocycles. The van der Waals surface area contributed by atoms with Crippen molar-refractivity contribution in [3.63, 3.8) is 0 Å². The van der Waals surface area contributed by atoms with Crippen LogP contribution in [0.15, 0.2) is 42.6 Å². The normalized spacial score (nSPS) is 11.0. The summed E-state index contributed by atoms with van der Waals surface area (Å²) in [5.74, 6) is -0.606. The van der Waals surface area contributed by atoms with Crippen molar-refractivity contribution in [3.05, 3.63) is 58.9 Å². The molecule has 0 aliphatic heterocycles. The third-order valence-corrected chi connectivity index (χ3v) is 2.82. The highest BCUT2D eigenvalue weighted by atomic mass is 35.5. The van der Waals surface area contributed by atoms with Crippen molar-refractivity contribution in [1.29, 1.82) is 0 Å². The van der Waals surface area contributed by atoms with E-state index in [4.69, 9.17) is 11.6 Å². The molecule has 0 unspecified atom stereocenters. The monoisotopic (exact) mass is 315 g/mol. The number of hydrogen-bond donors (Lipinski definition) is 2. The van der Waals surface area contributed by atoms with E-state index in [2.05, 4.69) is 15.8 Å². The highest BCUT2D eigenvalue weighted by Gasteiger charge is 2.30. The van der Waals surface area contributed by atoms with Crippen LogP contribution in [0.5, 0.6) is 0 Å². The average molecular weight is 316 g/mol. The minimum absolute atomic E-state index is 0.000780. The quantitative estimate of drug-likeness (QED) is 0.673. The fourth-order valence-electron chi connectivity index (χ4n) is 1.52. The number of nitrogens with one attached hydrogen (secondary N) is 2. The van der Waals surface area contributed by atoms with E-state index in [0.717, 1.165) is 12.1 Å². The molecule has 0 saturated carbocycles. The molecular formula is C13H9ClF3N3O. The number of alkyl halides is 3. The number of amides is 1. The van der Waals surface area contributed by atoms with Gasteiger partial charge < -0.3 is 0 Å². The Morgan fingerprint density at radius 2 is 1.95 bits per heavy atom. The van der Waals surface area contributed by atoms with Gasteiger partial charge in [-0.2, -0.15) is 13.2 Å². The van der Waals surface area contributed by atoms with Crippen LogP contribution < -0.4 is 10.9 Å². The topological polar surface area (TPSA) is 54.0 Å². The number of pyridine rings is 1. The zero-order chi connectivity index (χ0) is 15.5. The minimum Gasteiger partial charge on any atom is -0.298 e. The predicted molar refractivity (Wildman–Crippen MR) is 71.8 cm³/mol. The molecule has 2 N–H and O–H groups in total. The summed E-state index contributed by atoms with van der Waals surface area (Å²) in [6.07, 6.45) is -3.03. The van der Waals surface area contributed by atoms with Gasteiger partial charge in [-0.15, -0.1) is 0 Å². The van der Waals surface area contributed by atoms with Gasteiger partial charge in [0.15, 0.2) is 0 Å². The van der Waals surface area contributed by atoms with Crippen molar-refractivity contribution in [2.75, 3.05) is 5.43 Å². The first-order valence-corrected chi connectivity index (χ1v) is 6.10. The van der Waals surface area contributed by atoms with E-state index >= 15 is 0 Å². The summed E-state index contributed by atoms with van der Waals surface area (Å²) < 4.78 is 37.6. The maximum atomic E-state index is 12.5. The molecule has 0 bridgehead atoms. The van der Waals surface area contributed by atoms with Gasteiger partial charge in [-0.3, -0.25) is 15.6 Å². The molecule has 8 heteroatoms. The maximum absolute atomic E-state index is 12.5. The predicted octanol–water partition coefficient (Wildman–Crippen LogP) is 3.51. The molecule has 0 aliphatic rings. The summed E-state index contributed by atoms with van der Waals surface area (Å²) in [5, 5.41) is 0.000780. The number of aromatic nitrogens is 1. The summed E-state index contributed by atoms with van der Waals surface area (Å²) in [4.78, 5) is 15.5. The molecule has 110 valence electrons. The number of hydrazine groups is 1. The Bertz CT molecular complexity index is 661. The smallest absolute Gasteiger partial charge is 0.298 e. The fourth-order valence-corrected chi connectivity index (χ4v) is 1.73. The van der Waals surface area contributed by atoms with Gasteiger partial charge in [0, 0.05) is 6.20 Å². The maximum Gasteiger partial charge on any atom is 0.416 e. The molecule has 1 heterocycles. The number of halogens is 4. The average Bonchev–Trinajstić information content (AvgIpc) is 2.45. The first-order valence-electron chi connectivity index (χ1n) is 5.72. The first kappa shape index (κ1) is 15.1. The molecule has 0 saturated heterocycles. The Labute approximate surface area is 122 Å². The number of carbonyl (C=O) groups excluding carboxylic acids is 1. The second-order valence-electron chi connectivity index (χ2n) is 4.00. The summed E-state index contributed by atoms with van der Waals surface area (Å²) in [6.45, 7) is 0. The van der Waals surface area contributed by atoms with Crippen LogP contribution in [0.1, 0.15) is 15.9 Å². The molecule has 0 fully saturated rings. The van der Waals surface area contributed by atoms with E-state index in [0.29, 0.717) is 0 Å². The van der Waals surface area contributed by atoms with Crippen LogP contribution >= 0.6 is 11.6 Å². The van der Waals surface area contributed by atoms with Gasteiger partial charge in [-0.1, -0.05) is 17.7 Å². The van der Waals surface area contributed by atoms with E-state index < -0.39 is 17.6 Å². The zero-order valence-corrected chi connectivity index (χ0v) is 11.2. The Kier molecular flexibility index (Phi) is 4.32. The zero-order valence-electron chi connectivity index (χ0n) is 10.4. The van der Waals surface area contributed by atoms with Crippen molar-refractivity contribution in [2.45, 2.75) is 6.18 Å². The van der Waals surface area contributed by atoms with Gasteiger partial charge in [0.05, 0.1) is 16.8 Å². The number of anilines is 1. The lowest BCUT2D eigenvalue weighted by Crippen LogP contribution is -2.29. The van der Waals surface area contributed by atoms with Gasteiger partial charge >= 0.3 is 6.18 Å². The summed E-state index contributed by atoms with van der Waals surface area (Å²) in [6, 6.07) is 7.40. The molecule has 4 nitrogen and oxygen atoms in total. The van der Waals surface area contributed by atoms with E-state index in [-0.39, 0.29) is 16.4 Å². The molecule has 0 spiro atoms. The molecule has 1 aromatic carbocycles. The van der Waals surface area contributed by atoms with Crippen LogP contribution in [0, 0.1) is 0 Å². The Hall–Kier alpha value is -2.28. The lowest BCUT2D eigenvalue weighted by molar-refractivity contribution is -0.137. The van der Waals surface area contributed by atoms with Gasteiger partial charge in [-0.25, -0.2) is 4.98 Å². The third kappa shape index (κ3) is 3.85. The van der Waals surface area contributed by atoms with Crippen LogP contribution in [0.25, 0.3) is 0 Å². The lowest BCUT2D eigenvalue weighted by Gasteiger charge is -2.11. The Morgan fingerprint density at radius 1 is 1.19 bits per heavy atom. The van der Waals surface area contributed by atoms with Gasteiger partial charge in [0.2, 0.25) is 0 Å². The molecular weight excluding hydrogens is 307 g/mol. The number of benzene rings is 1. The van der Waals surface area contributed by atoms with Gasteiger partial charge in [0.25, 0.3) is 5.91 Å². The first-order chi connectivity index (χ1) is 9.88. The number of carbonyl (C=O) groups is 1.